The molecule has 1 aromatic carbocycles. The molecular formula is C16H16Cl2N4O2. The minimum absolute atomic E-state index is 0.197. The number of halogens is 2. The molecule has 2 rings (SSSR count). The van der Waals surface area contributed by atoms with Crippen LogP contribution < -0.4 is 5.32 Å². The summed E-state index contributed by atoms with van der Waals surface area (Å²) in [5.74, 6) is 0.211. The van der Waals surface area contributed by atoms with Crippen LogP contribution in [-0.4, -0.2) is 28.9 Å². The lowest BCUT2D eigenvalue weighted by Gasteiger charge is -2.08. The van der Waals surface area contributed by atoms with Crippen LogP contribution in [0.1, 0.15) is 24.1 Å². The van der Waals surface area contributed by atoms with Crippen molar-refractivity contribution in [2.45, 2.75) is 19.8 Å². The summed E-state index contributed by atoms with van der Waals surface area (Å²) in [4.78, 5) is 16.9. The minimum atomic E-state index is -0.197. The fraction of sp³-hybridized carbons (Fsp3) is 0.250. The first kappa shape index (κ1) is 18.2. The van der Waals surface area contributed by atoms with Gasteiger partial charge in [-0.25, -0.2) is 0 Å². The van der Waals surface area contributed by atoms with Gasteiger partial charge in [0.05, 0.1) is 21.5 Å². The fourth-order valence-corrected chi connectivity index (χ4v) is 2.23. The topological polar surface area (TPSA) is 76.5 Å². The first-order valence-electron chi connectivity index (χ1n) is 7.15. The van der Waals surface area contributed by atoms with E-state index in [2.05, 4.69) is 20.7 Å². The van der Waals surface area contributed by atoms with Crippen molar-refractivity contribution in [3.63, 3.8) is 0 Å². The van der Waals surface area contributed by atoms with Crippen LogP contribution in [0.4, 0.5) is 5.82 Å². The smallest absolute Gasteiger partial charge is 0.225 e. The molecule has 2 aromatic rings. The highest BCUT2D eigenvalue weighted by molar-refractivity contribution is 6.42. The number of rotatable bonds is 6. The van der Waals surface area contributed by atoms with E-state index in [9.17, 15) is 4.79 Å². The number of amides is 1. The number of anilines is 1. The zero-order chi connectivity index (χ0) is 17.5. The van der Waals surface area contributed by atoms with Gasteiger partial charge in [-0.3, -0.25) is 4.79 Å². The zero-order valence-corrected chi connectivity index (χ0v) is 14.7. The predicted octanol–water partition coefficient (Wildman–Crippen LogP) is 3.86. The minimum Gasteiger partial charge on any atom is -0.399 e. The van der Waals surface area contributed by atoms with Crippen LogP contribution in [0.3, 0.4) is 0 Å². The van der Waals surface area contributed by atoms with Crippen LogP contribution in [-0.2, 0) is 9.63 Å². The van der Waals surface area contributed by atoms with E-state index in [4.69, 9.17) is 28.0 Å². The number of aromatic nitrogens is 2. The van der Waals surface area contributed by atoms with Gasteiger partial charge in [0.25, 0.3) is 0 Å². The Morgan fingerprint density at radius 1 is 1.17 bits per heavy atom. The lowest BCUT2D eigenvalue weighted by atomic mass is 10.1. The molecular weight excluding hydrogens is 351 g/mol. The van der Waals surface area contributed by atoms with E-state index >= 15 is 0 Å². The van der Waals surface area contributed by atoms with Crippen molar-refractivity contribution in [1.82, 2.24) is 10.2 Å². The second kappa shape index (κ2) is 8.61. The maximum absolute atomic E-state index is 12.0. The predicted molar refractivity (Wildman–Crippen MR) is 94.6 cm³/mol. The number of carbonyl (C=O) groups excluding carboxylic acids is 1. The maximum Gasteiger partial charge on any atom is 0.225 e. The summed E-state index contributed by atoms with van der Waals surface area (Å²) in [6.45, 7) is 1.82. The number of hydrogen-bond acceptors (Lipinski definition) is 5. The number of aryl methyl sites for hydroxylation is 1. The Hall–Kier alpha value is -2.18. The molecule has 0 bridgehead atoms. The van der Waals surface area contributed by atoms with Crippen molar-refractivity contribution >= 4 is 40.6 Å². The summed E-state index contributed by atoms with van der Waals surface area (Å²) in [7, 11) is 1.44. The lowest BCUT2D eigenvalue weighted by Crippen LogP contribution is -2.15. The first-order valence-corrected chi connectivity index (χ1v) is 7.91. The molecule has 0 spiro atoms. The van der Waals surface area contributed by atoms with Gasteiger partial charge in [-0.1, -0.05) is 34.4 Å². The quantitative estimate of drug-likeness (QED) is 0.621. The van der Waals surface area contributed by atoms with Crippen LogP contribution in [0.5, 0.6) is 0 Å². The zero-order valence-electron chi connectivity index (χ0n) is 13.2. The van der Waals surface area contributed by atoms with Gasteiger partial charge in [0.15, 0.2) is 5.82 Å². The highest BCUT2D eigenvalue weighted by Gasteiger charge is 2.11. The number of nitrogens with one attached hydrogen (secondary N) is 1. The van der Waals surface area contributed by atoms with Crippen molar-refractivity contribution in [3.05, 3.63) is 51.6 Å². The third-order valence-corrected chi connectivity index (χ3v) is 3.85. The van der Waals surface area contributed by atoms with E-state index in [1.54, 1.807) is 30.3 Å². The molecule has 1 N–H and O–H groups in total. The molecule has 0 unspecified atom stereocenters. The SMILES string of the molecule is CON=C(CCC(=O)Nc1ccc(C)nn1)c1ccc(Cl)c(Cl)c1. The van der Waals surface area contributed by atoms with E-state index in [0.29, 0.717) is 28.0 Å². The standard InChI is InChI=1S/C16H16Cl2N4O2/c1-10-3-7-15(21-20-10)19-16(23)8-6-14(22-24-2)11-4-5-12(17)13(18)9-11/h3-5,7,9H,6,8H2,1-2H3,(H,19,21,23). The molecule has 0 saturated heterocycles. The van der Waals surface area contributed by atoms with E-state index in [1.807, 2.05) is 6.92 Å². The van der Waals surface area contributed by atoms with Gasteiger partial charge in [0.1, 0.15) is 7.11 Å². The Labute approximate surface area is 149 Å². The number of benzene rings is 1. The second-order valence-electron chi connectivity index (χ2n) is 4.96. The largest absolute Gasteiger partial charge is 0.399 e. The van der Waals surface area contributed by atoms with Crippen LogP contribution in [0.2, 0.25) is 10.0 Å². The highest BCUT2D eigenvalue weighted by atomic mass is 35.5. The average molecular weight is 367 g/mol. The maximum atomic E-state index is 12.0. The molecule has 24 heavy (non-hydrogen) atoms. The first-order chi connectivity index (χ1) is 11.5. The second-order valence-corrected chi connectivity index (χ2v) is 5.77. The van der Waals surface area contributed by atoms with E-state index in [1.165, 1.54) is 7.11 Å². The molecule has 0 fully saturated rings. The Balaban J connectivity index is 2.00. The average Bonchev–Trinajstić information content (AvgIpc) is 2.56. The molecule has 0 radical (unpaired) electrons. The Bertz CT molecular complexity index is 748. The van der Waals surface area contributed by atoms with Crippen LogP contribution in [0, 0.1) is 6.92 Å². The summed E-state index contributed by atoms with van der Waals surface area (Å²) in [5.41, 5.74) is 2.12. The van der Waals surface area contributed by atoms with E-state index in [-0.39, 0.29) is 12.3 Å². The summed E-state index contributed by atoms with van der Waals surface area (Å²) in [6, 6.07) is 8.60. The third-order valence-electron chi connectivity index (χ3n) is 3.11. The highest BCUT2D eigenvalue weighted by Crippen LogP contribution is 2.23. The Kier molecular flexibility index (Phi) is 6.52. The molecule has 0 aliphatic carbocycles. The Morgan fingerprint density at radius 2 is 1.96 bits per heavy atom. The molecule has 0 saturated carbocycles. The van der Waals surface area contributed by atoms with Crippen molar-refractivity contribution in [3.8, 4) is 0 Å². The molecule has 0 aliphatic heterocycles. The van der Waals surface area contributed by atoms with E-state index in [0.717, 1.165) is 11.3 Å². The van der Waals surface area contributed by atoms with Crippen LogP contribution >= 0.6 is 23.2 Å². The van der Waals surface area contributed by atoms with Gasteiger partial charge in [0.2, 0.25) is 5.91 Å². The monoisotopic (exact) mass is 366 g/mol. The van der Waals surface area contributed by atoms with Gasteiger partial charge in [-0.05, 0) is 31.2 Å². The number of oxime groups is 1. The van der Waals surface area contributed by atoms with Gasteiger partial charge in [-0.15, -0.1) is 5.10 Å². The van der Waals surface area contributed by atoms with Crippen LogP contribution in [0.25, 0.3) is 0 Å². The van der Waals surface area contributed by atoms with Crippen molar-refractivity contribution in [2.75, 3.05) is 12.4 Å². The Morgan fingerprint density at radius 3 is 2.58 bits per heavy atom. The molecule has 1 heterocycles. The van der Waals surface area contributed by atoms with Gasteiger partial charge < -0.3 is 10.2 Å². The van der Waals surface area contributed by atoms with Gasteiger partial charge in [0, 0.05) is 18.4 Å². The normalized spacial score (nSPS) is 11.2. The summed E-state index contributed by atoms with van der Waals surface area (Å²) >= 11 is 11.9. The molecule has 1 amide bonds. The molecule has 0 atom stereocenters. The van der Waals surface area contributed by atoms with Crippen molar-refractivity contribution in [2.24, 2.45) is 5.16 Å². The van der Waals surface area contributed by atoms with Gasteiger partial charge in [-0.2, -0.15) is 5.10 Å². The number of hydrogen-bond donors (Lipinski definition) is 1. The number of nitrogens with zero attached hydrogens (tertiary/aromatic N) is 3. The van der Waals surface area contributed by atoms with Crippen molar-refractivity contribution < 1.29 is 9.63 Å². The molecule has 1 aromatic heterocycles. The summed E-state index contributed by atoms with van der Waals surface area (Å²) in [5, 5.41) is 15.3. The summed E-state index contributed by atoms with van der Waals surface area (Å²) < 4.78 is 0. The van der Waals surface area contributed by atoms with Crippen LogP contribution in [0.15, 0.2) is 35.5 Å². The van der Waals surface area contributed by atoms with Gasteiger partial charge >= 0.3 is 0 Å². The third kappa shape index (κ3) is 5.18. The van der Waals surface area contributed by atoms with E-state index < -0.39 is 0 Å². The lowest BCUT2D eigenvalue weighted by molar-refractivity contribution is -0.116. The molecule has 8 heteroatoms. The molecule has 126 valence electrons. The summed E-state index contributed by atoms with van der Waals surface area (Å²) in [6.07, 6.45) is 0.578. The molecule has 6 nitrogen and oxygen atoms in total. The fourth-order valence-electron chi connectivity index (χ4n) is 1.93. The number of carbonyl (C=O) groups is 1. The van der Waals surface area contributed by atoms with Crippen molar-refractivity contribution in [1.29, 1.82) is 0 Å². The molecule has 0 aliphatic rings.